The summed E-state index contributed by atoms with van der Waals surface area (Å²) in [6.07, 6.45) is 5.71. The number of aromatic nitrogens is 2. The minimum Gasteiger partial charge on any atom is -0.363 e. The van der Waals surface area contributed by atoms with Crippen molar-refractivity contribution >= 4 is 17.6 Å². The largest absolute Gasteiger partial charge is 0.363 e. The number of thioether (sulfide) groups is 1. The summed E-state index contributed by atoms with van der Waals surface area (Å²) in [6.45, 7) is 4.97. The van der Waals surface area contributed by atoms with Gasteiger partial charge in [-0.15, -0.1) is 0 Å². The number of hydrogen-bond donors (Lipinski definition) is 1. The van der Waals surface area contributed by atoms with E-state index in [1.54, 1.807) is 17.0 Å². The molecule has 1 saturated heterocycles. The predicted octanol–water partition coefficient (Wildman–Crippen LogP) is 2.21. The highest BCUT2D eigenvalue weighted by molar-refractivity contribution is 7.99. The van der Waals surface area contributed by atoms with Crippen molar-refractivity contribution in [1.82, 2.24) is 9.55 Å². The minimum atomic E-state index is 0.00410. The third-order valence-corrected chi connectivity index (χ3v) is 4.09. The van der Waals surface area contributed by atoms with E-state index in [1.165, 1.54) is 11.5 Å². The van der Waals surface area contributed by atoms with Crippen molar-refractivity contribution in [2.45, 2.75) is 39.3 Å². The average molecular weight is 267 g/mol. The van der Waals surface area contributed by atoms with Gasteiger partial charge in [0.15, 0.2) is 5.82 Å². The third-order valence-electron chi connectivity index (χ3n) is 3.04. The molecule has 0 saturated carbocycles. The molecule has 0 spiro atoms. The van der Waals surface area contributed by atoms with Gasteiger partial charge in [-0.1, -0.05) is 13.8 Å². The van der Waals surface area contributed by atoms with Crippen LogP contribution in [0, 0.1) is 5.92 Å². The van der Waals surface area contributed by atoms with Gasteiger partial charge in [-0.25, -0.2) is 4.98 Å². The van der Waals surface area contributed by atoms with Crippen molar-refractivity contribution in [2.24, 2.45) is 5.92 Å². The Morgan fingerprint density at radius 2 is 2.22 bits per heavy atom. The first-order valence-electron chi connectivity index (χ1n) is 6.56. The molecule has 0 atom stereocenters. The summed E-state index contributed by atoms with van der Waals surface area (Å²) in [4.78, 5) is 16.4. The molecule has 0 aromatic carbocycles. The zero-order valence-electron chi connectivity index (χ0n) is 11.1. The second-order valence-corrected chi connectivity index (χ2v) is 6.38. The monoisotopic (exact) mass is 267 g/mol. The van der Waals surface area contributed by atoms with Gasteiger partial charge in [-0.05, 0) is 30.3 Å². The molecule has 1 aromatic rings. The van der Waals surface area contributed by atoms with Gasteiger partial charge in [0.1, 0.15) is 0 Å². The van der Waals surface area contributed by atoms with E-state index < -0.39 is 0 Å². The SMILES string of the molecule is CC(C)Cn1ccnc(NC2CCSCC2)c1=O. The van der Waals surface area contributed by atoms with Gasteiger partial charge < -0.3 is 9.88 Å². The molecule has 2 rings (SSSR count). The maximum absolute atomic E-state index is 12.2. The Bertz CT molecular complexity index is 438. The summed E-state index contributed by atoms with van der Waals surface area (Å²) in [5, 5.41) is 3.30. The summed E-state index contributed by atoms with van der Waals surface area (Å²) in [7, 11) is 0. The summed E-state index contributed by atoms with van der Waals surface area (Å²) < 4.78 is 1.75. The lowest BCUT2D eigenvalue weighted by Gasteiger charge is -2.23. The highest BCUT2D eigenvalue weighted by atomic mass is 32.2. The zero-order valence-corrected chi connectivity index (χ0v) is 11.9. The van der Waals surface area contributed by atoms with Gasteiger partial charge in [-0.3, -0.25) is 4.79 Å². The van der Waals surface area contributed by atoms with Crippen LogP contribution in [0.3, 0.4) is 0 Å². The quantitative estimate of drug-likeness (QED) is 0.908. The van der Waals surface area contributed by atoms with Crippen LogP contribution < -0.4 is 10.9 Å². The number of anilines is 1. The van der Waals surface area contributed by atoms with Crippen LogP contribution in [0.15, 0.2) is 17.2 Å². The van der Waals surface area contributed by atoms with Crippen LogP contribution in [0.2, 0.25) is 0 Å². The third kappa shape index (κ3) is 3.51. The van der Waals surface area contributed by atoms with E-state index in [4.69, 9.17) is 0 Å². The first-order chi connectivity index (χ1) is 8.66. The molecule has 0 bridgehead atoms. The van der Waals surface area contributed by atoms with Gasteiger partial charge in [0.25, 0.3) is 5.56 Å². The molecule has 0 amide bonds. The number of nitrogens with zero attached hydrogens (tertiary/aromatic N) is 2. The van der Waals surface area contributed by atoms with E-state index in [1.807, 2.05) is 11.8 Å². The minimum absolute atomic E-state index is 0.00410. The number of hydrogen-bond acceptors (Lipinski definition) is 4. The molecule has 1 aliphatic rings. The molecule has 1 aliphatic heterocycles. The van der Waals surface area contributed by atoms with Crippen LogP contribution in [-0.2, 0) is 6.54 Å². The maximum Gasteiger partial charge on any atom is 0.293 e. The van der Waals surface area contributed by atoms with Crippen LogP contribution in [0.4, 0.5) is 5.82 Å². The standard InChI is InChI=1S/C13H21N3OS/c1-10(2)9-16-6-5-14-12(13(16)17)15-11-3-7-18-8-4-11/h5-6,10-11H,3-4,7-9H2,1-2H3,(H,14,15). The Kier molecular flexibility index (Phi) is 4.69. The molecule has 1 fully saturated rings. The van der Waals surface area contributed by atoms with Gasteiger partial charge in [0.2, 0.25) is 0 Å². The summed E-state index contributed by atoms with van der Waals surface area (Å²) in [6, 6.07) is 0.404. The molecule has 18 heavy (non-hydrogen) atoms. The van der Waals surface area contributed by atoms with Gasteiger partial charge in [0, 0.05) is 25.0 Å². The average Bonchev–Trinajstić information content (AvgIpc) is 2.35. The lowest BCUT2D eigenvalue weighted by atomic mass is 10.1. The first kappa shape index (κ1) is 13.5. The Labute approximate surface area is 112 Å². The smallest absolute Gasteiger partial charge is 0.293 e. The van der Waals surface area contributed by atoms with E-state index in [9.17, 15) is 4.79 Å². The molecule has 1 N–H and O–H groups in total. The van der Waals surface area contributed by atoms with E-state index in [2.05, 4.69) is 24.1 Å². The Morgan fingerprint density at radius 1 is 1.50 bits per heavy atom. The van der Waals surface area contributed by atoms with E-state index in [-0.39, 0.29) is 5.56 Å². The topological polar surface area (TPSA) is 46.9 Å². The molecular weight excluding hydrogens is 246 g/mol. The summed E-state index contributed by atoms with van der Waals surface area (Å²) >= 11 is 1.98. The molecule has 2 heterocycles. The fourth-order valence-corrected chi connectivity index (χ4v) is 3.23. The fourth-order valence-electron chi connectivity index (χ4n) is 2.12. The van der Waals surface area contributed by atoms with Crippen molar-refractivity contribution < 1.29 is 0 Å². The Hall–Kier alpha value is -0.970. The predicted molar refractivity (Wildman–Crippen MR) is 77.3 cm³/mol. The molecule has 100 valence electrons. The van der Waals surface area contributed by atoms with Gasteiger partial charge in [0.05, 0.1) is 0 Å². The number of rotatable bonds is 4. The lowest BCUT2D eigenvalue weighted by Crippen LogP contribution is -2.31. The molecular formula is C13H21N3OS. The highest BCUT2D eigenvalue weighted by Gasteiger charge is 2.15. The van der Waals surface area contributed by atoms with Gasteiger partial charge in [-0.2, -0.15) is 11.8 Å². The Morgan fingerprint density at radius 3 is 2.89 bits per heavy atom. The molecule has 4 nitrogen and oxygen atoms in total. The number of nitrogens with one attached hydrogen (secondary N) is 1. The summed E-state index contributed by atoms with van der Waals surface area (Å²) in [5.41, 5.74) is 0.00410. The van der Waals surface area contributed by atoms with Gasteiger partial charge >= 0.3 is 0 Å². The zero-order chi connectivity index (χ0) is 13.0. The van der Waals surface area contributed by atoms with E-state index in [0.717, 1.165) is 19.4 Å². The van der Waals surface area contributed by atoms with Crippen LogP contribution in [-0.4, -0.2) is 27.1 Å². The summed E-state index contributed by atoms with van der Waals surface area (Å²) in [5.74, 6) is 3.31. The van der Waals surface area contributed by atoms with Crippen LogP contribution in [0.5, 0.6) is 0 Å². The van der Waals surface area contributed by atoms with E-state index >= 15 is 0 Å². The first-order valence-corrected chi connectivity index (χ1v) is 7.72. The Balaban J connectivity index is 2.10. The fraction of sp³-hybridized carbons (Fsp3) is 0.692. The molecule has 5 heteroatoms. The molecule has 0 aliphatic carbocycles. The second kappa shape index (κ2) is 6.27. The van der Waals surface area contributed by atoms with Crippen molar-refractivity contribution in [2.75, 3.05) is 16.8 Å². The van der Waals surface area contributed by atoms with Crippen molar-refractivity contribution in [3.8, 4) is 0 Å². The maximum atomic E-state index is 12.2. The van der Waals surface area contributed by atoms with Crippen molar-refractivity contribution in [3.63, 3.8) is 0 Å². The van der Waals surface area contributed by atoms with Crippen LogP contribution >= 0.6 is 11.8 Å². The van der Waals surface area contributed by atoms with Crippen molar-refractivity contribution in [3.05, 3.63) is 22.7 Å². The normalized spacial score (nSPS) is 17.1. The highest BCUT2D eigenvalue weighted by Crippen LogP contribution is 2.18. The molecule has 1 aromatic heterocycles. The lowest BCUT2D eigenvalue weighted by molar-refractivity contribution is 0.509. The second-order valence-electron chi connectivity index (χ2n) is 5.16. The van der Waals surface area contributed by atoms with Crippen molar-refractivity contribution in [1.29, 1.82) is 0 Å². The van der Waals surface area contributed by atoms with Crippen LogP contribution in [0.25, 0.3) is 0 Å². The van der Waals surface area contributed by atoms with Crippen LogP contribution in [0.1, 0.15) is 26.7 Å². The molecule has 0 radical (unpaired) electrons. The van der Waals surface area contributed by atoms with E-state index in [0.29, 0.717) is 17.8 Å². The molecule has 0 unspecified atom stereocenters.